The van der Waals surface area contributed by atoms with E-state index in [1.54, 1.807) is 33.8 Å². The number of amides is 1. The molecule has 1 aromatic carbocycles. The molecule has 0 aliphatic carbocycles. The zero-order chi connectivity index (χ0) is 25.3. The van der Waals surface area contributed by atoms with Crippen LogP contribution in [-0.2, 0) is 15.9 Å². The fraction of sp³-hybridized carbons (Fsp3) is 0.458. The number of aryl methyl sites for hydroxylation is 1. The van der Waals surface area contributed by atoms with Crippen LogP contribution in [0.25, 0.3) is 16.7 Å². The largest absolute Gasteiger partial charge is 0.465 e. The van der Waals surface area contributed by atoms with Crippen molar-refractivity contribution in [1.29, 1.82) is 0 Å². The van der Waals surface area contributed by atoms with Gasteiger partial charge in [0.15, 0.2) is 5.52 Å². The van der Waals surface area contributed by atoms with E-state index >= 15 is 0 Å². The van der Waals surface area contributed by atoms with Crippen molar-refractivity contribution in [3.8, 4) is 5.69 Å². The molecule has 3 heterocycles. The van der Waals surface area contributed by atoms with Crippen LogP contribution in [-0.4, -0.2) is 75.5 Å². The van der Waals surface area contributed by atoms with E-state index in [9.17, 15) is 14.4 Å². The second-order valence-electron chi connectivity index (χ2n) is 9.29. The predicted octanol–water partition coefficient (Wildman–Crippen LogP) is 2.12. The van der Waals surface area contributed by atoms with Crippen LogP contribution in [0.4, 0.5) is 4.79 Å². The maximum Gasteiger partial charge on any atom is 0.410 e. The number of nitrogens with zero attached hydrogens (tertiary/aromatic N) is 6. The van der Waals surface area contributed by atoms with Gasteiger partial charge in [0.25, 0.3) is 5.56 Å². The molecule has 1 amide bonds. The molecule has 0 spiro atoms. The summed E-state index contributed by atoms with van der Waals surface area (Å²) in [6.07, 6.45) is 0.273. The summed E-state index contributed by atoms with van der Waals surface area (Å²) < 4.78 is 11.8. The summed E-state index contributed by atoms with van der Waals surface area (Å²) in [5.41, 5.74) is 1.75. The van der Waals surface area contributed by atoms with Crippen LogP contribution < -0.4 is 10.6 Å². The molecule has 0 unspecified atom stereocenters. The van der Waals surface area contributed by atoms with Gasteiger partial charge in [0.05, 0.1) is 31.5 Å². The van der Waals surface area contributed by atoms with E-state index in [4.69, 9.17) is 9.47 Å². The zero-order valence-corrected chi connectivity index (χ0v) is 20.6. The van der Waals surface area contributed by atoms with E-state index in [0.29, 0.717) is 49.4 Å². The summed E-state index contributed by atoms with van der Waals surface area (Å²) in [6, 6.07) is 8.49. The van der Waals surface area contributed by atoms with Crippen molar-refractivity contribution in [3.63, 3.8) is 0 Å². The molecule has 11 nitrogen and oxygen atoms in total. The third-order valence-electron chi connectivity index (χ3n) is 5.68. The van der Waals surface area contributed by atoms with Crippen LogP contribution >= 0.6 is 0 Å². The minimum atomic E-state index is -0.559. The molecule has 0 saturated carbocycles. The Morgan fingerprint density at radius 2 is 1.69 bits per heavy atom. The molecule has 11 heteroatoms. The van der Waals surface area contributed by atoms with Crippen LogP contribution in [0.3, 0.4) is 0 Å². The van der Waals surface area contributed by atoms with Crippen molar-refractivity contribution in [2.75, 3.05) is 38.3 Å². The van der Waals surface area contributed by atoms with E-state index in [1.807, 2.05) is 38.8 Å². The lowest BCUT2D eigenvalue weighted by atomic mass is 10.2. The number of hydrogen-bond acceptors (Lipinski definition) is 8. The summed E-state index contributed by atoms with van der Waals surface area (Å²) in [5, 5.41) is 10.9. The van der Waals surface area contributed by atoms with Crippen LogP contribution in [0, 0.1) is 0 Å². The second-order valence-corrected chi connectivity index (χ2v) is 9.29. The van der Waals surface area contributed by atoms with Crippen LogP contribution in [0.5, 0.6) is 0 Å². The molecule has 3 aromatic rings. The monoisotopic (exact) mass is 482 g/mol. The van der Waals surface area contributed by atoms with E-state index in [-0.39, 0.29) is 17.2 Å². The van der Waals surface area contributed by atoms with Gasteiger partial charge in [-0.3, -0.25) is 4.79 Å². The molecule has 0 radical (unpaired) electrons. The van der Waals surface area contributed by atoms with E-state index in [2.05, 4.69) is 10.2 Å². The number of benzene rings is 1. The Morgan fingerprint density at radius 1 is 1.03 bits per heavy atom. The minimum absolute atomic E-state index is 0.244. The Labute approximate surface area is 202 Å². The third kappa shape index (κ3) is 4.98. The quantitative estimate of drug-likeness (QED) is 0.520. The highest BCUT2D eigenvalue weighted by atomic mass is 16.6. The smallest absolute Gasteiger partial charge is 0.410 e. The van der Waals surface area contributed by atoms with Gasteiger partial charge in [-0.25, -0.2) is 14.3 Å². The second kappa shape index (κ2) is 9.40. The first-order chi connectivity index (χ1) is 16.6. The number of hydrogen-bond donors (Lipinski definition) is 0. The molecule has 1 aliphatic rings. The number of aromatic nitrogens is 4. The molecule has 186 valence electrons. The summed E-state index contributed by atoms with van der Waals surface area (Å²) in [4.78, 5) is 40.6. The van der Waals surface area contributed by atoms with Gasteiger partial charge >= 0.3 is 12.1 Å². The average Bonchev–Trinajstić information content (AvgIpc) is 3.27. The number of rotatable bonds is 4. The first-order valence-electron chi connectivity index (χ1n) is 11.5. The van der Waals surface area contributed by atoms with Crippen molar-refractivity contribution in [3.05, 3.63) is 51.9 Å². The topological polar surface area (TPSA) is 112 Å². The lowest BCUT2D eigenvalue weighted by molar-refractivity contribution is 0.0231. The molecule has 2 aromatic heterocycles. The Bertz CT molecular complexity index is 1300. The highest BCUT2D eigenvalue weighted by molar-refractivity contribution is 5.89. The maximum absolute atomic E-state index is 13.5. The van der Waals surface area contributed by atoms with Gasteiger partial charge in [-0.1, -0.05) is 6.92 Å². The average molecular weight is 483 g/mol. The Balaban J connectivity index is 1.60. The summed E-state index contributed by atoms with van der Waals surface area (Å²) in [5.74, 6) is -0.433. The molecule has 0 bridgehead atoms. The normalized spacial score (nSPS) is 14.3. The zero-order valence-electron chi connectivity index (χ0n) is 20.6. The fourth-order valence-corrected chi connectivity index (χ4v) is 3.95. The van der Waals surface area contributed by atoms with Gasteiger partial charge in [-0.15, -0.1) is 10.2 Å². The number of fused-ring (bicyclic) bond motifs is 1. The Morgan fingerprint density at radius 3 is 2.26 bits per heavy atom. The standard InChI is InChI=1S/C24H30N6O5/c1-6-17-15-19-20(26-30(25-19)18-9-7-16(8-10-18)22(32)34-5)21(31)29(17)28-13-11-27(12-14-28)23(33)35-24(2,3)4/h7-10,15H,6,11-14H2,1-5H3. The van der Waals surface area contributed by atoms with Gasteiger partial charge in [0, 0.05) is 18.8 Å². The first kappa shape index (κ1) is 24.2. The third-order valence-corrected chi connectivity index (χ3v) is 5.68. The molecular weight excluding hydrogens is 452 g/mol. The number of methoxy groups -OCH3 is 1. The van der Waals surface area contributed by atoms with Gasteiger partial charge in [-0.05, 0) is 57.5 Å². The van der Waals surface area contributed by atoms with Gasteiger partial charge < -0.3 is 19.4 Å². The number of pyridine rings is 1. The van der Waals surface area contributed by atoms with Crippen molar-refractivity contribution < 1.29 is 19.1 Å². The highest BCUT2D eigenvalue weighted by Crippen LogP contribution is 2.16. The summed E-state index contributed by atoms with van der Waals surface area (Å²) >= 11 is 0. The van der Waals surface area contributed by atoms with Crippen LogP contribution in [0.2, 0.25) is 0 Å². The highest BCUT2D eigenvalue weighted by Gasteiger charge is 2.27. The van der Waals surface area contributed by atoms with Gasteiger partial charge in [0.1, 0.15) is 11.1 Å². The molecule has 4 rings (SSSR count). The number of carbonyl (C=O) groups is 2. The molecule has 35 heavy (non-hydrogen) atoms. The van der Waals surface area contributed by atoms with Crippen molar-refractivity contribution in [1.82, 2.24) is 24.6 Å². The van der Waals surface area contributed by atoms with Crippen LogP contribution in [0.1, 0.15) is 43.7 Å². The van der Waals surface area contributed by atoms with Crippen molar-refractivity contribution in [2.45, 2.75) is 39.7 Å². The fourth-order valence-electron chi connectivity index (χ4n) is 3.95. The SMILES string of the molecule is CCc1cc2nn(-c3ccc(C(=O)OC)cc3)nc2c(=O)n1N1CCN(C(=O)OC(C)(C)C)CC1. The lowest BCUT2D eigenvalue weighted by Crippen LogP contribution is -2.56. The molecule has 0 atom stereocenters. The predicted molar refractivity (Wildman–Crippen MR) is 130 cm³/mol. The molecular formula is C24H30N6O5. The number of ether oxygens (including phenoxy) is 2. The number of esters is 1. The Hall–Kier alpha value is -3.89. The minimum Gasteiger partial charge on any atom is -0.465 e. The Kier molecular flexibility index (Phi) is 6.51. The van der Waals surface area contributed by atoms with E-state index in [0.717, 1.165) is 5.69 Å². The van der Waals surface area contributed by atoms with Gasteiger partial charge in [-0.2, -0.15) is 4.80 Å². The first-order valence-corrected chi connectivity index (χ1v) is 11.5. The number of carbonyl (C=O) groups excluding carboxylic acids is 2. The summed E-state index contributed by atoms with van der Waals surface area (Å²) in [6.45, 7) is 9.35. The van der Waals surface area contributed by atoms with E-state index < -0.39 is 11.6 Å². The molecule has 1 aliphatic heterocycles. The molecule has 0 N–H and O–H groups in total. The van der Waals surface area contributed by atoms with Crippen molar-refractivity contribution >= 4 is 23.1 Å². The molecule has 1 fully saturated rings. The van der Waals surface area contributed by atoms with Gasteiger partial charge in [0.2, 0.25) is 0 Å². The lowest BCUT2D eigenvalue weighted by Gasteiger charge is -2.38. The number of piperazine rings is 1. The van der Waals surface area contributed by atoms with E-state index in [1.165, 1.54) is 11.9 Å². The molecule has 1 saturated heterocycles. The van der Waals surface area contributed by atoms with Crippen molar-refractivity contribution in [2.24, 2.45) is 0 Å². The maximum atomic E-state index is 13.5. The van der Waals surface area contributed by atoms with Crippen LogP contribution in [0.15, 0.2) is 35.1 Å². The summed E-state index contributed by atoms with van der Waals surface area (Å²) in [7, 11) is 1.33.